The highest BCUT2D eigenvalue weighted by Gasteiger charge is 2.67. The van der Waals surface area contributed by atoms with Crippen LogP contribution in [0.25, 0.3) is 0 Å². The van der Waals surface area contributed by atoms with Crippen molar-refractivity contribution < 1.29 is 25.4 Å². The van der Waals surface area contributed by atoms with Crippen LogP contribution in [-0.2, 0) is 9.93 Å². The Balaban J connectivity index is 1.65. The van der Waals surface area contributed by atoms with E-state index in [1.54, 1.807) is 0 Å². The van der Waals surface area contributed by atoms with Gasteiger partial charge in [0.1, 0.15) is 0 Å². The van der Waals surface area contributed by atoms with Gasteiger partial charge >= 0.3 is 0 Å². The molecule has 4 aliphatic carbocycles. The summed E-state index contributed by atoms with van der Waals surface area (Å²) >= 11 is 0. The van der Waals surface area contributed by atoms with Gasteiger partial charge < -0.3 is 10.2 Å². The molecule has 4 rings (SSSR count). The van der Waals surface area contributed by atoms with Crippen LogP contribution in [0.5, 0.6) is 0 Å². The summed E-state index contributed by atoms with van der Waals surface area (Å²) in [6.45, 7) is 7.05. The van der Waals surface area contributed by atoms with Gasteiger partial charge in [-0.2, -0.15) is 0 Å². The van der Waals surface area contributed by atoms with Crippen molar-refractivity contribution in [2.24, 2.45) is 34.5 Å². The first-order valence-corrected chi connectivity index (χ1v) is 10.1. The summed E-state index contributed by atoms with van der Waals surface area (Å²) in [5.74, 6) is 2.40. The van der Waals surface area contributed by atoms with Gasteiger partial charge in [-0.05, 0) is 74.0 Å². The van der Waals surface area contributed by atoms with Crippen molar-refractivity contribution >= 4 is 0 Å². The van der Waals surface area contributed by atoms with Crippen LogP contribution in [-0.4, -0.2) is 33.3 Å². The molecule has 4 fully saturated rings. The number of aliphatic hydroxyl groups excluding tert-OH is 1. The Morgan fingerprint density at radius 2 is 1.76 bits per heavy atom. The zero-order chi connectivity index (χ0) is 18.0. The highest BCUT2D eigenvalue weighted by Crippen LogP contribution is 2.68. The third kappa shape index (κ3) is 2.32. The van der Waals surface area contributed by atoms with Gasteiger partial charge in [0.15, 0.2) is 0 Å². The van der Waals surface area contributed by atoms with Crippen molar-refractivity contribution in [3.05, 3.63) is 0 Å². The van der Waals surface area contributed by atoms with Crippen molar-refractivity contribution in [3.63, 3.8) is 0 Å². The van der Waals surface area contributed by atoms with E-state index < -0.39 is 11.7 Å². The Hall–Kier alpha value is -0.200. The van der Waals surface area contributed by atoms with E-state index in [1.807, 2.05) is 0 Å². The van der Waals surface area contributed by atoms with E-state index in [9.17, 15) is 10.2 Å². The zero-order valence-corrected chi connectivity index (χ0v) is 15.8. The summed E-state index contributed by atoms with van der Waals surface area (Å²) in [4.78, 5) is 4.91. The maximum atomic E-state index is 11.5. The number of aliphatic hydroxyl groups is 2. The molecule has 25 heavy (non-hydrogen) atoms. The second kappa shape index (κ2) is 5.90. The molecule has 9 atom stereocenters. The normalized spacial score (nSPS) is 58.3. The van der Waals surface area contributed by atoms with Crippen molar-refractivity contribution in [3.8, 4) is 0 Å². The minimum absolute atomic E-state index is 0.294. The second-order valence-electron chi connectivity index (χ2n) is 10.0. The lowest BCUT2D eigenvalue weighted by atomic mass is 9.42. The third-order valence-electron chi connectivity index (χ3n) is 9.47. The first kappa shape index (κ1) is 18.2. The lowest BCUT2D eigenvalue weighted by Crippen LogP contribution is -2.68. The molecule has 5 nitrogen and oxygen atoms in total. The number of hydrogen-bond donors (Lipinski definition) is 3. The summed E-state index contributed by atoms with van der Waals surface area (Å²) < 4.78 is 0. The van der Waals surface area contributed by atoms with Crippen molar-refractivity contribution in [1.82, 2.24) is 0 Å². The summed E-state index contributed by atoms with van der Waals surface area (Å²) in [5, 5.41) is 35.0. The average molecular weight is 354 g/mol. The highest BCUT2D eigenvalue weighted by molar-refractivity contribution is 5.16. The number of fused-ring (bicyclic) bond motifs is 5. The van der Waals surface area contributed by atoms with Crippen molar-refractivity contribution in [2.45, 2.75) is 89.9 Å². The van der Waals surface area contributed by atoms with E-state index in [2.05, 4.69) is 25.8 Å². The van der Waals surface area contributed by atoms with E-state index >= 15 is 0 Å². The predicted octanol–water partition coefficient (Wildman–Crippen LogP) is 3.54. The molecule has 4 saturated carbocycles. The van der Waals surface area contributed by atoms with Gasteiger partial charge in [-0.3, -0.25) is 0 Å². The molecular formula is C20H34O5. The highest BCUT2D eigenvalue weighted by atomic mass is 17.5. The molecule has 0 heterocycles. The maximum absolute atomic E-state index is 11.5. The molecule has 0 aromatic heterocycles. The van der Waals surface area contributed by atoms with Crippen molar-refractivity contribution in [2.75, 3.05) is 0 Å². The van der Waals surface area contributed by atoms with Crippen molar-refractivity contribution in [1.29, 1.82) is 0 Å². The fourth-order valence-electron chi connectivity index (χ4n) is 7.65. The van der Waals surface area contributed by atoms with Gasteiger partial charge in [-0.25, -0.2) is 10.1 Å². The van der Waals surface area contributed by atoms with Crippen LogP contribution in [0.1, 0.15) is 72.1 Å². The van der Waals surface area contributed by atoms with Crippen LogP contribution < -0.4 is 0 Å². The first-order chi connectivity index (χ1) is 11.8. The largest absolute Gasteiger partial charge is 0.390 e. The minimum atomic E-state index is -1.16. The smallest absolute Gasteiger partial charge is 0.0990 e. The standard InChI is InChI=1S/C20H34O5/c1-12-4-5-15-14-10-17(21)20(22)11-13(24-25-23)6-9-19(20,3)16(14)7-8-18(12,15)2/h12-17,21-23H,4-11H2,1-3H3/t12-,13-,14?,15+,16?,17-,18+,19+,20-/m0/s1. The van der Waals surface area contributed by atoms with Gasteiger partial charge in [0.2, 0.25) is 0 Å². The fraction of sp³-hybridized carbons (Fsp3) is 1.00. The number of hydrogen-bond acceptors (Lipinski definition) is 5. The quantitative estimate of drug-likeness (QED) is 0.522. The Bertz CT molecular complexity index is 526. The molecule has 0 bridgehead atoms. The molecule has 0 radical (unpaired) electrons. The Morgan fingerprint density at radius 1 is 1.00 bits per heavy atom. The fourth-order valence-corrected chi connectivity index (χ4v) is 7.65. The molecular weight excluding hydrogens is 320 g/mol. The van der Waals surface area contributed by atoms with Crippen LogP contribution in [0.3, 0.4) is 0 Å². The summed E-state index contributed by atoms with van der Waals surface area (Å²) in [6, 6.07) is 0. The van der Waals surface area contributed by atoms with Crippen LogP contribution in [0.4, 0.5) is 0 Å². The summed E-state index contributed by atoms with van der Waals surface area (Å²) in [7, 11) is 0. The number of rotatable bonds is 2. The predicted molar refractivity (Wildman–Crippen MR) is 92.3 cm³/mol. The molecule has 0 aliphatic heterocycles. The SMILES string of the molecule is C[C@H]1CC[C@@H]2C3C[C@H](O)[C@@]4(O)C[C@@H](OOO)CC[C@]4(C)C3CC[C@@]21C. The Morgan fingerprint density at radius 3 is 2.48 bits per heavy atom. The molecule has 0 saturated heterocycles. The third-order valence-corrected chi connectivity index (χ3v) is 9.47. The van der Waals surface area contributed by atoms with Crippen LogP contribution in [0, 0.1) is 34.5 Å². The molecule has 0 amide bonds. The molecule has 5 heteroatoms. The van der Waals surface area contributed by atoms with Gasteiger partial charge in [-0.15, -0.1) is 0 Å². The molecule has 144 valence electrons. The minimum Gasteiger partial charge on any atom is -0.390 e. The van der Waals surface area contributed by atoms with E-state index in [0.29, 0.717) is 36.0 Å². The first-order valence-electron chi connectivity index (χ1n) is 10.1. The van der Waals surface area contributed by atoms with Gasteiger partial charge in [0, 0.05) is 11.8 Å². The Labute approximate surface area is 150 Å². The lowest BCUT2D eigenvalue weighted by Gasteiger charge is -2.65. The van der Waals surface area contributed by atoms with Gasteiger partial charge in [-0.1, -0.05) is 25.8 Å². The van der Waals surface area contributed by atoms with Gasteiger partial charge in [0.25, 0.3) is 0 Å². The molecule has 2 unspecified atom stereocenters. The molecule has 4 aliphatic rings. The molecule has 3 N–H and O–H groups in total. The monoisotopic (exact) mass is 354 g/mol. The lowest BCUT2D eigenvalue weighted by molar-refractivity contribution is -0.512. The second-order valence-corrected chi connectivity index (χ2v) is 10.0. The Kier molecular flexibility index (Phi) is 4.29. The van der Waals surface area contributed by atoms with Crippen LogP contribution in [0.15, 0.2) is 0 Å². The van der Waals surface area contributed by atoms with E-state index in [-0.39, 0.29) is 11.5 Å². The average Bonchev–Trinajstić information content (AvgIpc) is 2.86. The molecule has 0 aromatic carbocycles. The molecule has 0 spiro atoms. The van der Waals surface area contributed by atoms with E-state index in [4.69, 9.17) is 10.1 Å². The van der Waals surface area contributed by atoms with E-state index in [1.165, 1.54) is 19.3 Å². The summed E-state index contributed by atoms with van der Waals surface area (Å²) in [6.07, 6.45) is 6.41. The zero-order valence-electron chi connectivity index (χ0n) is 15.8. The van der Waals surface area contributed by atoms with Gasteiger partial charge in [0.05, 0.1) is 17.8 Å². The summed E-state index contributed by atoms with van der Waals surface area (Å²) in [5.41, 5.74) is -1.05. The van der Waals surface area contributed by atoms with Crippen LogP contribution >= 0.6 is 0 Å². The maximum Gasteiger partial charge on any atom is 0.0990 e. The topological polar surface area (TPSA) is 79.2 Å². The van der Waals surface area contributed by atoms with Crippen LogP contribution in [0.2, 0.25) is 0 Å². The van der Waals surface area contributed by atoms with E-state index in [0.717, 1.165) is 25.2 Å². The molecule has 0 aromatic rings.